The Balaban J connectivity index is 1.57. The molecular weight excluding hydrogens is 328 g/mol. The molecule has 5 heteroatoms. The first-order valence-electron chi connectivity index (χ1n) is 8.25. The first-order chi connectivity index (χ1) is 12.7. The van der Waals surface area contributed by atoms with E-state index in [-0.39, 0.29) is 12.5 Å². The lowest BCUT2D eigenvalue weighted by molar-refractivity contribution is -0.123. The van der Waals surface area contributed by atoms with Crippen LogP contribution in [-0.4, -0.2) is 25.3 Å². The minimum atomic E-state index is -0.319. The normalized spacial score (nSPS) is 11.2. The van der Waals surface area contributed by atoms with Crippen molar-refractivity contribution in [2.24, 2.45) is 5.10 Å². The van der Waals surface area contributed by atoms with Crippen molar-refractivity contribution in [1.82, 2.24) is 5.43 Å². The van der Waals surface area contributed by atoms with E-state index >= 15 is 0 Å². The van der Waals surface area contributed by atoms with E-state index in [4.69, 9.17) is 9.47 Å². The topological polar surface area (TPSA) is 59.9 Å². The van der Waals surface area contributed by atoms with Crippen molar-refractivity contribution in [1.29, 1.82) is 0 Å². The minimum absolute atomic E-state index is 0.110. The number of carbonyl (C=O) groups is 1. The van der Waals surface area contributed by atoms with Gasteiger partial charge in [0.05, 0.1) is 12.8 Å². The SMILES string of the molecule is COc1ccc(OCC(=O)N/N=C(/C)c2ccc3ccccc3c2)cc1. The number of methoxy groups -OCH3 is 1. The predicted octanol–water partition coefficient (Wildman–Crippen LogP) is 3.77. The lowest BCUT2D eigenvalue weighted by Crippen LogP contribution is -2.25. The van der Waals surface area contributed by atoms with Gasteiger partial charge in [-0.25, -0.2) is 5.43 Å². The van der Waals surface area contributed by atoms with Crippen LogP contribution in [0.15, 0.2) is 71.8 Å². The summed E-state index contributed by atoms with van der Waals surface area (Å²) in [5.74, 6) is 1.01. The maximum atomic E-state index is 11.9. The molecule has 26 heavy (non-hydrogen) atoms. The van der Waals surface area contributed by atoms with Gasteiger partial charge in [0, 0.05) is 0 Å². The molecule has 0 saturated carbocycles. The molecule has 0 aliphatic heterocycles. The molecule has 0 bridgehead atoms. The molecule has 3 aromatic carbocycles. The summed E-state index contributed by atoms with van der Waals surface area (Å²) in [6.07, 6.45) is 0. The van der Waals surface area contributed by atoms with Gasteiger partial charge in [0.2, 0.25) is 0 Å². The van der Waals surface area contributed by atoms with E-state index in [1.165, 1.54) is 5.39 Å². The van der Waals surface area contributed by atoms with Gasteiger partial charge in [-0.3, -0.25) is 4.79 Å². The van der Waals surface area contributed by atoms with Crippen molar-refractivity contribution >= 4 is 22.4 Å². The van der Waals surface area contributed by atoms with E-state index in [1.807, 2.05) is 43.3 Å². The van der Waals surface area contributed by atoms with E-state index in [2.05, 4.69) is 16.6 Å². The van der Waals surface area contributed by atoms with Crippen LogP contribution >= 0.6 is 0 Å². The van der Waals surface area contributed by atoms with Crippen LogP contribution in [0.4, 0.5) is 0 Å². The summed E-state index contributed by atoms with van der Waals surface area (Å²) < 4.78 is 10.5. The fourth-order valence-corrected chi connectivity index (χ4v) is 2.48. The van der Waals surface area contributed by atoms with Crippen molar-refractivity contribution in [3.05, 3.63) is 72.3 Å². The molecule has 0 aliphatic carbocycles. The Kier molecular flexibility index (Phi) is 5.49. The first kappa shape index (κ1) is 17.5. The van der Waals surface area contributed by atoms with Crippen molar-refractivity contribution in [3.8, 4) is 11.5 Å². The monoisotopic (exact) mass is 348 g/mol. The molecule has 0 aliphatic rings. The number of fused-ring (bicyclic) bond motifs is 1. The molecule has 1 N–H and O–H groups in total. The third-order valence-electron chi connectivity index (χ3n) is 3.94. The van der Waals surface area contributed by atoms with E-state index in [9.17, 15) is 4.79 Å². The van der Waals surface area contributed by atoms with E-state index in [0.717, 1.165) is 22.4 Å². The zero-order chi connectivity index (χ0) is 18.4. The molecule has 3 rings (SSSR count). The summed E-state index contributed by atoms with van der Waals surface area (Å²) in [4.78, 5) is 11.9. The van der Waals surface area contributed by atoms with Crippen molar-refractivity contribution in [3.63, 3.8) is 0 Å². The average molecular weight is 348 g/mol. The smallest absolute Gasteiger partial charge is 0.277 e. The second-order valence-electron chi connectivity index (χ2n) is 5.76. The zero-order valence-corrected chi connectivity index (χ0v) is 14.7. The number of hydrogen-bond donors (Lipinski definition) is 1. The van der Waals surface area contributed by atoms with Gasteiger partial charge in [-0.05, 0) is 53.6 Å². The quantitative estimate of drug-likeness (QED) is 0.545. The molecule has 1 amide bonds. The molecule has 0 heterocycles. The van der Waals surface area contributed by atoms with Gasteiger partial charge < -0.3 is 9.47 Å². The van der Waals surface area contributed by atoms with Gasteiger partial charge in [0.15, 0.2) is 6.61 Å². The van der Waals surface area contributed by atoms with Crippen LogP contribution in [0.1, 0.15) is 12.5 Å². The lowest BCUT2D eigenvalue weighted by atomic mass is 10.0. The van der Waals surface area contributed by atoms with Gasteiger partial charge in [-0.15, -0.1) is 0 Å². The molecule has 0 aromatic heterocycles. The summed E-state index contributed by atoms with van der Waals surface area (Å²) >= 11 is 0. The Morgan fingerprint density at radius 1 is 0.962 bits per heavy atom. The molecule has 132 valence electrons. The molecule has 0 radical (unpaired) electrons. The van der Waals surface area contributed by atoms with Crippen LogP contribution in [0.25, 0.3) is 10.8 Å². The average Bonchev–Trinajstić information content (AvgIpc) is 2.70. The fourth-order valence-electron chi connectivity index (χ4n) is 2.48. The molecule has 0 unspecified atom stereocenters. The zero-order valence-electron chi connectivity index (χ0n) is 14.7. The van der Waals surface area contributed by atoms with Crippen molar-refractivity contribution in [2.45, 2.75) is 6.92 Å². The Morgan fingerprint density at radius 3 is 2.38 bits per heavy atom. The Hall–Kier alpha value is -3.34. The van der Waals surface area contributed by atoms with Gasteiger partial charge in [-0.2, -0.15) is 5.10 Å². The number of nitrogens with one attached hydrogen (secondary N) is 1. The highest BCUT2D eigenvalue weighted by Crippen LogP contribution is 2.17. The minimum Gasteiger partial charge on any atom is -0.497 e. The molecule has 0 fully saturated rings. The van der Waals surface area contributed by atoms with Gasteiger partial charge in [0.1, 0.15) is 11.5 Å². The van der Waals surface area contributed by atoms with Crippen LogP contribution in [0.5, 0.6) is 11.5 Å². The molecular formula is C21H20N2O3. The maximum Gasteiger partial charge on any atom is 0.277 e. The number of hydrazone groups is 1. The highest BCUT2D eigenvalue weighted by atomic mass is 16.5. The van der Waals surface area contributed by atoms with E-state index < -0.39 is 0 Å². The first-order valence-corrected chi connectivity index (χ1v) is 8.25. The second kappa shape index (κ2) is 8.16. The number of ether oxygens (including phenoxy) is 2. The largest absolute Gasteiger partial charge is 0.497 e. The molecule has 3 aromatic rings. The number of benzene rings is 3. The Morgan fingerprint density at radius 2 is 1.65 bits per heavy atom. The van der Waals surface area contributed by atoms with Crippen LogP contribution in [0.3, 0.4) is 0 Å². The van der Waals surface area contributed by atoms with Gasteiger partial charge in [-0.1, -0.05) is 36.4 Å². The van der Waals surface area contributed by atoms with Gasteiger partial charge in [0.25, 0.3) is 5.91 Å². The summed E-state index contributed by atoms with van der Waals surface area (Å²) in [6, 6.07) is 21.2. The summed E-state index contributed by atoms with van der Waals surface area (Å²) in [7, 11) is 1.60. The molecule has 5 nitrogen and oxygen atoms in total. The van der Waals surface area contributed by atoms with Crippen molar-refractivity contribution in [2.75, 3.05) is 13.7 Å². The standard InChI is InChI=1S/C21H20N2O3/c1-15(17-8-7-16-5-3-4-6-18(16)13-17)22-23-21(24)14-26-20-11-9-19(25-2)10-12-20/h3-13H,14H2,1-2H3,(H,23,24)/b22-15-. The predicted molar refractivity (Wildman–Crippen MR) is 103 cm³/mol. The summed E-state index contributed by atoms with van der Waals surface area (Å²) in [5.41, 5.74) is 4.21. The maximum absolute atomic E-state index is 11.9. The molecule has 0 saturated heterocycles. The number of hydrogen-bond acceptors (Lipinski definition) is 4. The Bertz CT molecular complexity index is 933. The van der Waals surface area contributed by atoms with E-state index in [0.29, 0.717) is 5.75 Å². The summed E-state index contributed by atoms with van der Waals surface area (Å²) in [6.45, 7) is 1.75. The lowest BCUT2D eigenvalue weighted by Gasteiger charge is -2.07. The third-order valence-corrected chi connectivity index (χ3v) is 3.94. The van der Waals surface area contributed by atoms with E-state index in [1.54, 1.807) is 31.4 Å². The van der Waals surface area contributed by atoms with Crippen LogP contribution in [-0.2, 0) is 4.79 Å². The van der Waals surface area contributed by atoms with Crippen LogP contribution in [0.2, 0.25) is 0 Å². The highest BCUT2D eigenvalue weighted by molar-refractivity contribution is 6.02. The van der Waals surface area contributed by atoms with Crippen LogP contribution in [0, 0.1) is 0 Å². The third kappa shape index (κ3) is 4.39. The number of amides is 1. The molecule has 0 atom stereocenters. The number of carbonyl (C=O) groups excluding carboxylic acids is 1. The highest BCUT2D eigenvalue weighted by Gasteiger charge is 2.04. The fraction of sp³-hybridized carbons (Fsp3) is 0.143. The Labute approximate surface area is 152 Å². The summed E-state index contributed by atoms with van der Waals surface area (Å²) in [5, 5.41) is 6.46. The number of rotatable bonds is 6. The van der Waals surface area contributed by atoms with Gasteiger partial charge >= 0.3 is 0 Å². The second-order valence-corrected chi connectivity index (χ2v) is 5.76. The number of nitrogens with zero attached hydrogens (tertiary/aromatic N) is 1. The van der Waals surface area contributed by atoms with Crippen LogP contribution < -0.4 is 14.9 Å². The molecule has 0 spiro atoms. The van der Waals surface area contributed by atoms with Crippen molar-refractivity contribution < 1.29 is 14.3 Å².